The number of carbonyl (C=O) groups excluding carboxylic acids is 1. The molecule has 4 aliphatic rings. The second-order valence-electron chi connectivity index (χ2n) is 11.3. The third-order valence-electron chi connectivity index (χ3n) is 10.0. The first-order valence-corrected chi connectivity index (χ1v) is 12.0. The number of amides is 1. The zero-order chi connectivity index (χ0) is 21.0. The summed E-state index contributed by atoms with van der Waals surface area (Å²) in [5.74, 6) is 3.42. The van der Waals surface area contributed by atoms with Gasteiger partial charge in [-0.15, -0.1) is 0 Å². The van der Waals surface area contributed by atoms with Gasteiger partial charge in [-0.25, -0.2) is 5.06 Å². The number of allylic oxidation sites excluding steroid dienone is 1. The fourth-order valence-electron chi connectivity index (χ4n) is 8.33. The highest BCUT2D eigenvalue weighted by molar-refractivity contribution is 5.74. The number of nitrogens with zero attached hydrogens (tertiary/aromatic N) is 1. The van der Waals surface area contributed by atoms with Crippen LogP contribution in [0.15, 0.2) is 11.6 Å². The van der Waals surface area contributed by atoms with E-state index in [9.17, 15) is 15.1 Å². The van der Waals surface area contributed by atoms with E-state index in [0.29, 0.717) is 29.1 Å². The highest BCUT2D eigenvalue weighted by atomic mass is 16.5. The van der Waals surface area contributed by atoms with Gasteiger partial charge in [0.1, 0.15) is 0 Å². The van der Waals surface area contributed by atoms with Gasteiger partial charge in [-0.1, -0.05) is 32.4 Å². The number of aliphatic hydroxyl groups is 1. The molecule has 3 saturated carbocycles. The summed E-state index contributed by atoms with van der Waals surface area (Å²) in [4.78, 5) is 11.9. The molecule has 8 atom stereocenters. The van der Waals surface area contributed by atoms with Crippen molar-refractivity contribution in [3.8, 4) is 0 Å². The van der Waals surface area contributed by atoms with Crippen LogP contribution in [0.2, 0.25) is 0 Å². The Morgan fingerprint density at radius 3 is 2.69 bits per heavy atom. The molecule has 4 aliphatic carbocycles. The van der Waals surface area contributed by atoms with E-state index >= 15 is 0 Å². The van der Waals surface area contributed by atoms with E-state index in [-0.39, 0.29) is 12.0 Å². The average Bonchev–Trinajstić information content (AvgIpc) is 3.03. The van der Waals surface area contributed by atoms with E-state index in [4.69, 9.17) is 0 Å². The Morgan fingerprint density at radius 2 is 1.97 bits per heavy atom. The predicted octanol–water partition coefficient (Wildman–Crippen LogP) is 5.19. The summed E-state index contributed by atoms with van der Waals surface area (Å²) in [6.07, 6.45) is 13.2. The van der Waals surface area contributed by atoms with Gasteiger partial charge in [0.15, 0.2) is 0 Å². The molecule has 0 saturated heterocycles. The molecule has 0 aliphatic heterocycles. The fourth-order valence-corrected chi connectivity index (χ4v) is 8.33. The van der Waals surface area contributed by atoms with Gasteiger partial charge in [-0.05, 0) is 98.2 Å². The molecule has 0 aromatic rings. The zero-order valence-electron chi connectivity index (χ0n) is 18.9. The van der Waals surface area contributed by atoms with Crippen LogP contribution >= 0.6 is 0 Å². The van der Waals surface area contributed by atoms with E-state index in [1.807, 2.05) is 0 Å². The fraction of sp³-hybridized carbons (Fsp3) is 0.880. The van der Waals surface area contributed by atoms with Crippen LogP contribution in [0.1, 0.15) is 85.0 Å². The Morgan fingerprint density at radius 1 is 1.21 bits per heavy atom. The third-order valence-corrected chi connectivity index (χ3v) is 10.0. The predicted molar refractivity (Wildman–Crippen MR) is 114 cm³/mol. The monoisotopic (exact) mass is 403 g/mol. The SMILES string of the molecule is C[C@H](CCC(=O)N(C)O)[C@H]1CC[C@H]2[C@@H]3CC=C4C[C@@H](O)CC[C@]4(C)[C@H]3CC[C@]12C. The van der Waals surface area contributed by atoms with Crippen LogP contribution in [0, 0.1) is 40.4 Å². The largest absolute Gasteiger partial charge is 0.393 e. The second-order valence-corrected chi connectivity index (χ2v) is 11.3. The molecule has 0 bridgehead atoms. The molecule has 0 spiro atoms. The number of rotatable bonds is 4. The first kappa shape index (κ1) is 21.4. The zero-order valence-corrected chi connectivity index (χ0v) is 18.9. The molecule has 1 amide bonds. The first-order valence-electron chi connectivity index (χ1n) is 12.0. The van der Waals surface area contributed by atoms with Crippen molar-refractivity contribution in [3.05, 3.63) is 11.6 Å². The van der Waals surface area contributed by atoms with Crippen LogP contribution < -0.4 is 0 Å². The summed E-state index contributed by atoms with van der Waals surface area (Å²) < 4.78 is 0. The van der Waals surface area contributed by atoms with Gasteiger partial charge in [0, 0.05) is 13.5 Å². The standard InChI is InChI=1S/C25H41NO3/c1-16(5-10-23(28)26(4)29)20-8-9-21-19-7-6-17-15-18(27)11-13-24(17,2)22(19)12-14-25(20,21)3/h6,16,18-22,27,29H,5,7-15H2,1-4H3/t16-,18+,19+,20-,21+,22+,24+,25-/m1/s1. The van der Waals surface area contributed by atoms with Gasteiger partial charge in [-0.3, -0.25) is 10.0 Å². The molecule has 29 heavy (non-hydrogen) atoms. The van der Waals surface area contributed by atoms with Gasteiger partial charge in [-0.2, -0.15) is 0 Å². The van der Waals surface area contributed by atoms with Crippen LogP contribution in [-0.2, 0) is 4.79 Å². The van der Waals surface area contributed by atoms with Crippen LogP contribution in [0.25, 0.3) is 0 Å². The van der Waals surface area contributed by atoms with Crippen molar-refractivity contribution in [2.24, 2.45) is 40.4 Å². The molecule has 4 heteroatoms. The normalized spacial score (nSPS) is 44.9. The lowest BCUT2D eigenvalue weighted by molar-refractivity contribution is -0.159. The highest BCUT2D eigenvalue weighted by Crippen LogP contribution is 2.67. The van der Waals surface area contributed by atoms with Crippen molar-refractivity contribution in [3.63, 3.8) is 0 Å². The van der Waals surface area contributed by atoms with E-state index in [1.165, 1.54) is 39.2 Å². The van der Waals surface area contributed by atoms with Crippen LogP contribution in [0.4, 0.5) is 0 Å². The molecule has 0 heterocycles. The summed E-state index contributed by atoms with van der Waals surface area (Å²) in [6.45, 7) is 7.38. The van der Waals surface area contributed by atoms with Gasteiger partial charge >= 0.3 is 0 Å². The topological polar surface area (TPSA) is 60.8 Å². The van der Waals surface area contributed by atoms with Crippen molar-refractivity contribution in [2.45, 2.75) is 91.1 Å². The number of hydrogen-bond acceptors (Lipinski definition) is 3. The van der Waals surface area contributed by atoms with Gasteiger partial charge in [0.05, 0.1) is 6.10 Å². The number of fused-ring (bicyclic) bond motifs is 5. The summed E-state index contributed by atoms with van der Waals surface area (Å²) in [6, 6.07) is 0. The molecule has 0 aromatic carbocycles. The Hall–Kier alpha value is -0.870. The smallest absolute Gasteiger partial charge is 0.245 e. The molecule has 4 rings (SSSR count). The number of aliphatic hydroxyl groups excluding tert-OH is 1. The van der Waals surface area contributed by atoms with Gasteiger partial charge in [0.25, 0.3) is 0 Å². The van der Waals surface area contributed by atoms with E-state index < -0.39 is 0 Å². The van der Waals surface area contributed by atoms with Crippen molar-refractivity contribution in [2.75, 3.05) is 7.05 Å². The van der Waals surface area contributed by atoms with E-state index in [1.54, 1.807) is 5.57 Å². The van der Waals surface area contributed by atoms with E-state index in [2.05, 4.69) is 26.8 Å². The first-order chi connectivity index (χ1) is 13.7. The summed E-state index contributed by atoms with van der Waals surface area (Å²) in [5.41, 5.74) is 2.26. The average molecular weight is 404 g/mol. The van der Waals surface area contributed by atoms with Crippen molar-refractivity contribution in [1.82, 2.24) is 5.06 Å². The summed E-state index contributed by atoms with van der Waals surface area (Å²) in [5, 5.41) is 20.3. The van der Waals surface area contributed by atoms with Crippen LogP contribution in [0.3, 0.4) is 0 Å². The quantitative estimate of drug-likeness (QED) is 0.386. The highest BCUT2D eigenvalue weighted by Gasteiger charge is 2.59. The third kappa shape index (κ3) is 3.48. The maximum atomic E-state index is 11.9. The van der Waals surface area contributed by atoms with Gasteiger partial charge in [0.2, 0.25) is 5.91 Å². The number of hydroxylamine groups is 2. The van der Waals surface area contributed by atoms with Crippen LogP contribution in [-0.4, -0.2) is 34.4 Å². The minimum Gasteiger partial charge on any atom is -0.393 e. The molecular formula is C25H41NO3. The lowest BCUT2D eigenvalue weighted by atomic mass is 9.47. The maximum Gasteiger partial charge on any atom is 0.245 e. The molecule has 4 nitrogen and oxygen atoms in total. The molecule has 2 N–H and O–H groups in total. The molecule has 3 fully saturated rings. The number of hydrogen-bond donors (Lipinski definition) is 2. The van der Waals surface area contributed by atoms with Gasteiger partial charge < -0.3 is 5.11 Å². The molecular weight excluding hydrogens is 362 g/mol. The second kappa shape index (κ2) is 7.67. The Bertz CT molecular complexity index is 673. The molecule has 164 valence electrons. The van der Waals surface area contributed by atoms with Crippen molar-refractivity contribution in [1.29, 1.82) is 0 Å². The maximum absolute atomic E-state index is 11.9. The lowest BCUT2D eigenvalue weighted by Gasteiger charge is -2.58. The molecule has 0 radical (unpaired) electrons. The summed E-state index contributed by atoms with van der Waals surface area (Å²) >= 11 is 0. The Kier molecular flexibility index (Phi) is 5.65. The number of carbonyl (C=O) groups is 1. The van der Waals surface area contributed by atoms with Crippen molar-refractivity contribution >= 4 is 5.91 Å². The Balaban J connectivity index is 1.49. The molecule has 0 unspecified atom stereocenters. The summed E-state index contributed by atoms with van der Waals surface area (Å²) in [7, 11) is 1.43. The minimum atomic E-state index is -0.169. The molecule has 0 aromatic heterocycles. The van der Waals surface area contributed by atoms with Crippen molar-refractivity contribution < 1.29 is 15.1 Å². The van der Waals surface area contributed by atoms with Crippen LogP contribution in [0.5, 0.6) is 0 Å². The van der Waals surface area contributed by atoms with E-state index in [0.717, 1.165) is 48.5 Å². The Labute approximate surface area is 176 Å². The minimum absolute atomic E-state index is 0.128. The lowest BCUT2D eigenvalue weighted by Crippen LogP contribution is -2.50.